The summed E-state index contributed by atoms with van der Waals surface area (Å²) in [6.07, 6.45) is 0. The van der Waals surface area contributed by atoms with Gasteiger partial charge in [0.05, 0.1) is 4.88 Å². The van der Waals surface area contributed by atoms with Crippen molar-refractivity contribution in [2.75, 3.05) is 0 Å². The average Bonchev–Trinajstić information content (AvgIpc) is 3.04. The molecule has 2 aromatic heterocycles. The van der Waals surface area contributed by atoms with Crippen molar-refractivity contribution in [1.29, 1.82) is 0 Å². The fourth-order valence-corrected chi connectivity index (χ4v) is 3.44. The summed E-state index contributed by atoms with van der Waals surface area (Å²) in [7, 11) is 0. The zero-order valence-electron chi connectivity index (χ0n) is 13.0. The molecule has 0 unspecified atom stereocenters. The first-order valence-corrected chi connectivity index (χ1v) is 8.22. The molecule has 0 aliphatic heterocycles. The Kier molecular flexibility index (Phi) is 4.73. The smallest absolute Gasteiger partial charge is 0.263 e. The monoisotopic (exact) mass is 384 g/mol. The molecule has 9 heteroatoms. The van der Waals surface area contributed by atoms with E-state index in [1.165, 1.54) is 28.9 Å². The minimum atomic E-state index is -0.712. The lowest BCUT2D eigenvalue weighted by Gasteiger charge is -2.07. The fraction of sp³-hybridized carbons (Fsp3) is 0.125. The molecule has 0 aliphatic rings. The second-order valence-electron chi connectivity index (χ2n) is 5.05. The Morgan fingerprint density at radius 1 is 1.32 bits per heavy atom. The first-order chi connectivity index (χ1) is 11.9. The van der Waals surface area contributed by atoms with Crippen molar-refractivity contribution in [2.45, 2.75) is 13.8 Å². The highest BCUT2D eigenvalue weighted by molar-refractivity contribution is 7.14. The highest BCUT2D eigenvalue weighted by Gasteiger charge is 2.26. The summed E-state index contributed by atoms with van der Waals surface area (Å²) >= 11 is 7.13. The van der Waals surface area contributed by atoms with E-state index in [4.69, 9.17) is 16.5 Å². The predicted octanol–water partition coefficient (Wildman–Crippen LogP) is 4.70. The first kappa shape index (κ1) is 17.4. The zero-order chi connectivity index (χ0) is 18.1. The van der Waals surface area contributed by atoms with Crippen LogP contribution in [0.4, 0.5) is 8.78 Å². The van der Waals surface area contributed by atoms with Crippen molar-refractivity contribution in [1.82, 2.24) is 9.78 Å². The highest BCUT2D eigenvalue weighted by Crippen LogP contribution is 2.42. The van der Waals surface area contributed by atoms with Crippen molar-refractivity contribution >= 4 is 28.9 Å². The molecule has 0 aliphatic carbocycles. The molecule has 0 N–H and O–H groups in total. The Labute approximate surface area is 150 Å². The van der Waals surface area contributed by atoms with Gasteiger partial charge in [0.15, 0.2) is 5.13 Å². The van der Waals surface area contributed by atoms with Crippen molar-refractivity contribution in [3.63, 3.8) is 0 Å². The number of hydrogen-bond donors (Lipinski definition) is 0. The van der Waals surface area contributed by atoms with Crippen LogP contribution in [0.1, 0.15) is 12.5 Å². The number of carbonyl (C=O) groups is 1. The van der Waals surface area contributed by atoms with E-state index in [1.807, 2.05) is 0 Å². The zero-order valence-corrected chi connectivity index (χ0v) is 14.6. The molecule has 0 amide bonds. The van der Waals surface area contributed by atoms with Crippen molar-refractivity contribution in [3.8, 4) is 22.1 Å². The van der Waals surface area contributed by atoms with Gasteiger partial charge in [-0.1, -0.05) is 23.7 Å². The van der Waals surface area contributed by atoms with Crippen molar-refractivity contribution in [2.24, 2.45) is 0 Å². The summed E-state index contributed by atoms with van der Waals surface area (Å²) < 4.78 is 29.1. The molecule has 2 heterocycles. The summed E-state index contributed by atoms with van der Waals surface area (Å²) in [6.45, 7) is 2.83. The molecule has 25 heavy (non-hydrogen) atoms. The van der Waals surface area contributed by atoms with Crippen LogP contribution in [-0.2, 0) is 9.68 Å². The third-order valence-corrected chi connectivity index (χ3v) is 4.59. The summed E-state index contributed by atoms with van der Waals surface area (Å²) in [5.74, 6) is -1.50. The Morgan fingerprint density at radius 3 is 2.64 bits per heavy atom. The van der Waals surface area contributed by atoms with Crippen molar-refractivity contribution in [3.05, 3.63) is 51.9 Å². The topological polar surface area (TPSA) is 53.4 Å². The van der Waals surface area contributed by atoms with Gasteiger partial charge in [0.2, 0.25) is 0 Å². The molecular formula is C16H11ClF2N2O3S. The molecule has 0 atom stereocenters. The van der Waals surface area contributed by atoms with Crippen LogP contribution in [0, 0.1) is 17.9 Å². The molecule has 130 valence electrons. The third kappa shape index (κ3) is 3.35. The second kappa shape index (κ2) is 6.81. The minimum Gasteiger partial charge on any atom is -0.263 e. The van der Waals surface area contributed by atoms with Gasteiger partial charge in [0.25, 0.3) is 0 Å². The standard InChI is InChI=1S/C16H11ClF2N2O3S/c1-8-7-12(19)25-15(8)14-13(17)16(24-23-9(2)22)20-21(14)11-6-4-3-5-10(11)18/h3-7H,1-2H3. The number of carbonyl (C=O) groups excluding carboxylic acids is 1. The summed E-state index contributed by atoms with van der Waals surface area (Å²) in [6, 6.07) is 7.21. The molecular weight excluding hydrogens is 374 g/mol. The lowest BCUT2D eigenvalue weighted by molar-refractivity contribution is -0.212. The van der Waals surface area contributed by atoms with Gasteiger partial charge in [-0.2, -0.15) is 4.39 Å². The van der Waals surface area contributed by atoms with Gasteiger partial charge in [-0.3, -0.25) is 4.89 Å². The number of thiophene rings is 1. The number of nitrogens with zero attached hydrogens (tertiary/aromatic N) is 2. The SMILES string of the molecule is CC(=O)OOc1nn(-c2ccccc2F)c(-c2sc(F)cc2C)c1Cl. The van der Waals surface area contributed by atoms with Gasteiger partial charge in [-0.25, -0.2) is 18.8 Å². The van der Waals surface area contributed by atoms with Gasteiger partial charge >= 0.3 is 11.8 Å². The number of hydrogen-bond acceptors (Lipinski definition) is 5. The molecule has 0 saturated carbocycles. The Morgan fingerprint density at radius 2 is 2.04 bits per heavy atom. The second-order valence-corrected chi connectivity index (χ2v) is 6.43. The average molecular weight is 385 g/mol. The molecule has 0 spiro atoms. The molecule has 1 aromatic carbocycles. The van der Waals surface area contributed by atoms with E-state index >= 15 is 0 Å². The molecule has 0 radical (unpaired) electrons. The van der Waals surface area contributed by atoms with E-state index < -0.39 is 16.9 Å². The van der Waals surface area contributed by atoms with Crippen LogP contribution in [0.2, 0.25) is 5.02 Å². The van der Waals surface area contributed by atoms with Crippen LogP contribution in [0.5, 0.6) is 5.88 Å². The Balaban J connectivity index is 2.22. The van der Waals surface area contributed by atoms with Crippen LogP contribution in [0.3, 0.4) is 0 Å². The van der Waals surface area contributed by atoms with Crippen molar-refractivity contribution < 1.29 is 23.4 Å². The Hall–Kier alpha value is -2.45. The highest BCUT2D eigenvalue weighted by atomic mass is 35.5. The van der Waals surface area contributed by atoms with E-state index in [0.29, 0.717) is 10.4 Å². The molecule has 5 nitrogen and oxygen atoms in total. The molecule has 0 saturated heterocycles. The first-order valence-electron chi connectivity index (χ1n) is 7.03. The largest absolute Gasteiger partial charge is 0.352 e. The number of aryl methyl sites for hydroxylation is 1. The van der Waals surface area contributed by atoms with E-state index in [1.54, 1.807) is 13.0 Å². The van der Waals surface area contributed by atoms with Crippen LogP contribution in [0.15, 0.2) is 30.3 Å². The van der Waals surface area contributed by atoms with E-state index in [0.717, 1.165) is 18.3 Å². The van der Waals surface area contributed by atoms with Crippen LogP contribution in [-0.4, -0.2) is 15.7 Å². The number of benzene rings is 1. The fourth-order valence-electron chi connectivity index (χ4n) is 2.20. The maximum absolute atomic E-state index is 14.2. The summed E-state index contributed by atoms with van der Waals surface area (Å²) in [5, 5.41) is 3.61. The number of para-hydroxylation sites is 1. The van der Waals surface area contributed by atoms with Gasteiger partial charge in [-0.15, -0.1) is 16.4 Å². The maximum Gasteiger partial charge on any atom is 0.352 e. The molecule has 0 fully saturated rings. The lowest BCUT2D eigenvalue weighted by Crippen LogP contribution is -2.05. The quantitative estimate of drug-likeness (QED) is 0.483. The van der Waals surface area contributed by atoms with Gasteiger partial charge < -0.3 is 0 Å². The van der Waals surface area contributed by atoms with Gasteiger partial charge in [0, 0.05) is 6.92 Å². The number of aromatic nitrogens is 2. The molecule has 0 bridgehead atoms. The Bertz CT molecular complexity index is 955. The van der Waals surface area contributed by atoms with Gasteiger partial charge in [-0.05, 0) is 30.7 Å². The summed E-state index contributed by atoms with van der Waals surface area (Å²) in [4.78, 5) is 20.7. The van der Waals surface area contributed by atoms with E-state index in [9.17, 15) is 13.6 Å². The molecule has 3 aromatic rings. The van der Waals surface area contributed by atoms with Gasteiger partial charge in [0.1, 0.15) is 22.2 Å². The number of rotatable bonds is 4. The summed E-state index contributed by atoms with van der Waals surface area (Å²) in [5.41, 5.74) is 0.923. The van der Waals surface area contributed by atoms with Crippen LogP contribution >= 0.6 is 22.9 Å². The number of halogens is 3. The van der Waals surface area contributed by atoms with Crippen LogP contribution in [0.25, 0.3) is 16.3 Å². The lowest BCUT2D eigenvalue weighted by atomic mass is 10.2. The predicted molar refractivity (Wildman–Crippen MR) is 88.9 cm³/mol. The minimum absolute atomic E-state index is 0.0329. The van der Waals surface area contributed by atoms with E-state index in [-0.39, 0.29) is 22.3 Å². The van der Waals surface area contributed by atoms with Crippen LogP contribution < -0.4 is 4.89 Å². The molecule has 3 rings (SSSR count). The normalized spacial score (nSPS) is 10.8. The van der Waals surface area contributed by atoms with E-state index in [2.05, 4.69) is 9.99 Å². The maximum atomic E-state index is 14.2. The third-order valence-electron chi connectivity index (χ3n) is 3.22.